The Morgan fingerprint density at radius 2 is 1.67 bits per heavy atom. The summed E-state index contributed by atoms with van der Waals surface area (Å²) >= 11 is 0. The lowest BCUT2D eigenvalue weighted by Crippen LogP contribution is -2.50. The van der Waals surface area contributed by atoms with Gasteiger partial charge in [-0.05, 0) is 13.8 Å². The van der Waals surface area contributed by atoms with Gasteiger partial charge in [0.15, 0.2) is 12.1 Å². The van der Waals surface area contributed by atoms with Gasteiger partial charge in [-0.1, -0.05) is 0 Å². The number of ether oxygens (including phenoxy) is 3. The lowest BCUT2D eigenvalue weighted by Gasteiger charge is -2.30. The van der Waals surface area contributed by atoms with Gasteiger partial charge in [0.1, 0.15) is 17.8 Å². The summed E-state index contributed by atoms with van der Waals surface area (Å²) in [5, 5.41) is 28.1. The third-order valence-electron chi connectivity index (χ3n) is 2.82. The van der Waals surface area contributed by atoms with Crippen molar-refractivity contribution in [2.45, 2.75) is 43.7 Å². The molecule has 6 heteroatoms. The Morgan fingerprint density at radius 3 is 2.13 bits per heavy atom. The average molecular weight is 220 g/mol. The van der Waals surface area contributed by atoms with E-state index in [1.54, 1.807) is 13.8 Å². The van der Waals surface area contributed by atoms with Crippen LogP contribution < -0.4 is 0 Å². The van der Waals surface area contributed by atoms with Crippen molar-refractivity contribution in [1.82, 2.24) is 0 Å². The highest BCUT2D eigenvalue weighted by atomic mass is 16.8. The van der Waals surface area contributed by atoms with Crippen molar-refractivity contribution >= 4 is 0 Å². The molecule has 0 unspecified atom stereocenters. The van der Waals surface area contributed by atoms with Crippen LogP contribution >= 0.6 is 0 Å². The molecule has 3 atom stereocenters. The van der Waals surface area contributed by atoms with E-state index in [0.29, 0.717) is 0 Å². The third kappa shape index (κ3) is 1.57. The molecule has 0 spiro atoms. The van der Waals surface area contributed by atoms with Crippen LogP contribution in [-0.2, 0) is 14.2 Å². The van der Waals surface area contributed by atoms with Crippen LogP contribution in [0.3, 0.4) is 0 Å². The first-order valence-electron chi connectivity index (χ1n) is 4.87. The van der Waals surface area contributed by atoms with E-state index in [1.165, 1.54) is 0 Å². The molecule has 0 radical (unpaired) electrons. The second kappa shape index (κ2) is 3.38. The predicted molar refractivity (Wildman–Crippen MR) is 47.8 cm³/mol. The van der Waals surface area contributed by atoms with E-state index in [-0.39, 0.29) is 0 Å². The molecule has 15 heavy (non-hydrogen) atoms. The van der Waals surface area contributed by atoms with Gasteiger partial charge in [0.2, 0.25) is 0 Å². The fourth-order valence-corrected chi connectivity index (χ4v) is 1.97. The summed E-state index contributed by atoms with van der Waals surface area (Å²) in [6, 6.07) is 0. The number of aliphatic hydroxyl groups excluding tert-OH is 3. The van der Waals surface area contributed by atoms with Gasteiger partial charge in [0.25, 0.3) is 0 Å². The van der Waals surface area contributed by atoms with Crippen molar-refractivity contribution in [3.05, 3.63) is 0 Å². The maximum atomic E-state index is 9.89. The van der Waals surface area contributed by atoms with Crippen LogP contribution in [0.15, 0.2) is 0 Å². The zero-order chi connectivity index (χ0) is 11.3. The quantitative estimate of drug-likeness (QED) is 0.529. The molecule has 88 valence electrons. The normalized spacial score (nSPS) is 41.8. The van der Waals surface area contributed by atoms with Gasteiger partial charge in [-0.25, -0.2) is 0 Å². The van der Waals surface area contributed by atoms with E-state index in [4.69, 9.17) is 24.4 Å². The van der Waals surface area contributed by atoms with Crippen molar-refractivity contribution in [2.24, 2.45) is 0 Å². The first kappa shape index (κ1) is 11.3. The monoisotopic (exact) mass is 220 g/mol. The Kier molecular flexibility index (Phi) is 2.53. The Balaban J connectivity index is 2.17. The van der Waals surface area contributed by atoms with Gasteiger partial charge < -0.3 is 29.5 Å². The maximum absolute atomic E-state index is 9.89. The smallest absolute Gasteiger partial charge is 0.190 e. The van der Waals surface area contributed by atoms with Crippen LogP contribution in [0, 0.1) is 0 Å². The Labute approximate surface area is 87.4 Å². The summed E-state index contributed by atoms with van der Waals surface area (Å²) < 4.78 is 16.1. The van der Waals surface area contributed by atoms with Crippen LogP contribution in [0.25, 0.3) is 0 Å². The van der Waals surface area contributed by atoms with E-state index in [1.807, 2.05) is 0 Å². The molecule has 2 heterocycles. The van der Waals surface area contributed by atoms with Crippen molar-refractivity contribution in [2.75, 3.05) is 13.2 Å². The Morgan fingerprint density at radius 1 is 1.07 bits per heavy atom. The first-order valence-corrected chi connectivity index (χ1v) is 4.87. The van der Waals surface area contributed by atoms with Crippen LogP contribution in [0.4, 0.5) is 0 Å². The predicted octanol–water partition coefficient (Wildman–Crippen LogP) is -1.42. The van der Waals surface area contributed by atoms with E-state index < -0.39 is 43.1 Å². The van der Waals surface area contributed by atoms with E-state index in [0.717, 1.165) is 0 Å². The minimum atomic E-state index is -1.38. The molecule has 0 saturated carbocycles. The number of aliphatic hydroxyl groups is 3. The summed E-state index contributed by atoms with van der Waals surface area (Å²) in [4.78, 5) is 0. The highest BCUT2D eigenvalue weighted by molar-refractivity contribution is 5.02. The van der Waals surface area contributed by atoms with Crippen molar-refractivity contribution in [3.63, 3.8) is 0 Å². The zero-order valence-electron chi connectivity index (χ0n) is 8.71. The lowest BCUT2D eigenvalue weighted by atomic mass is 9.97. The molecule has 2 aliphatic rings. The van der Waals surface area contributed by atoms with Crippen molar-refractivity contribution in [1.29, 1.82) is 0 Å². The van der Waals surface area contributed by atoms with Crippen molar-refractivity contribution < 1.29 is 29.5 Å². The van der Waals surface area contributed by atoms with Crippen molar-refractivity contribution in [3.8, 4) is 0 Å². The number of rotatable bonds is 2. The van der Waals surface area contributed by atoms with Gasteiger partial charge in [0, 0.05) is 0 Å². The Bertz CT molecular complexity index is 249. The molecule has 0 aliphatic carbocycles. The second-order valence-electron chi connectivity index (χ2n) is 4.41. The molecule has 2 fully saturated rings. The standard InChI is InChI=1S/C9H16O6/c1-8(2)13-5-6(12)9(3-10,4-11)15-7(5)14-8/h5-7,10-12H,3-4H2,1-2H3/t5-,6+,7+/m1/s1. The molecule has 0 aromatic rings. The number of fused-ring (bicyclic) bond motifs is 1. The molecular weight excluding hydrogens is 204 g/mol. The molecule has 0 bridgehead atoms. The third-order valence-corrected chi connectivity index (χ3v) is 2.82. The van der Waals surface area contributed by atoms with Crippen LogP contribution in [-0.4, -0.2) is 58.4 Å². The number of hydrogen-bond donors (Lipinski definition) is 3. The molecule has 2 saturated heterocycles. The molecule has 2 aliphatic heterocycles. The fraction of sp³-hybridized carbons (Fsp3) is 1.00. The summed E-state index contributed by atoms with van der Waals surface area (Å²) in [6.07, 6.45) is -2.51. The van der Waals surface area contributed by atoms with Gasteiger partial charge >= 0.3 is 0 Å². The average Bonchev–Trinajstić information content (AvgIpc) is 2.59. The van der Waals surface area contributed by atoms with Gasteiger partial charge in [-0.15, -0.1) is 0 Å². The highest BCUT2D eigenvalue weighted by Crippen LogP contribution is 2.41. The van der Waals surface area contributed by atoms with E-state index in [2.05, 4.69) is 0 Å². The van der Waals surface area contributed by atoms with Gasteiger partial charge in [-0.3, -0.25) is 0 Å². The SMILES string of the molecule is CC1(C)O[C@H]2OC(CO)(CO)[C@@H](O)[C@H]2O1. The van der Waals surface area contributed by atoms with E-state index >= 15 is 0 Å². The van der Waals surface area contributed by atoms with Crippen LogP contribution in [0.1, 0.15) is 13.8 Å². The molecular formula is C9H16O6. The van der Waals surface area contributed by atoms with E-state index in [9.17, 15) is 5.11 Å². The lowest BCUT2D eigenvalue weighted by molar-refractivity contribution is -0.252. The maximum Gasteiger partial charge on any atom is 0.190 e. The fourth-order valence-electron chi connectivity index (χ4n) is 1.97. The molecule has 3 N–H and O–H groups in total. The second-order valence-corrected chi connectivity index (χ2v) is 4.41. The van der Waals surface area contributed by atoms with Crippen LogP contribution in [0.5, 0.6) is 0 Å². The molecule has 0 aromatic carbocycles. The Hall–Kier alpha value is -0.240. The summed E-state index contributed by atoms with van der Waals surface area (Å²) in [5.41, 5.74) is -1.38. The van der Waals surface area contributed by atoms with Gasteiger partial charge in [-0.2, -0.15) is 0 Å². The minimum absolute atomic E-state index is 0.481. The topological polar surface area (TPSA) is 88.4 Å². The number of hydrogen-bond acceptors (Lipinski definition) is 6. The molecule has 2 rings (SSSR count). The highest BCUT2D eigenvalue weighted by Gasteiger charge is 2.61. The first-order chi connectivity index (χ1) is 6.94. The largest absolute Gasteiger partial charge is 0.393 e. The zero-order valence-corrected chi connectivity index (χ0v) is 8.71. The minimum Gasteiger partial charge on any atom is -0.393 e. The summed E-state index contributed by atoms with van der Waals surface area (Å²) in [6.45, 7) is 2.46. The summed E-state index contributed by atoms with van der Waals surface area (Å²) in [5.74, 6) is -0.812. The molecule has 0 amide bonds. The van der Waals surface area contributed by atoms with Gasteiger partial charge in [0.05, 0.1) is 13.2 Å². The molecule has 0 aromatic heterocycles. The van der Waals surface area contributed by atoms with Crippen LogP contribution in [0.2, 0.25) is 0 Å². The summed E-state index contributed by atoms with van der Waals surface area (Å²) in [7, 11) is 0. The molecule has 6 nitrogen and oxygen atoms in total.